The lowest BCUT2D eigenvalue weighted by molar-refractivity contribution is 0.668. The second-order valence-electron chi connectivity index (χ2n) is 17.2. The van der Waals surface area contributed by atoms with Crippen molar-refractivity contribution in [3.05, 3.63) is 200 Å². The summed E-state index contributed by atoms with van der Waals surface area (Å²) in [6.45, 7) is 0. The molecular weight excluding hydrogens is 811 g/mol. The highest BCUT2D eigenvalue weighted by molar-refractivity contribution is 6.19. The fourth-order valence-electron chi connectivity index (χ4n) is 10.6. The van der Waals surface area contributed by atoms with Crippen LogP contribution < -0.4 is 0 Å². The van der Waals surface area contributed by atoms with E-state index < -0.39 is 0 Å². The molecule has 0 aliphatic heterocycles. The monoisotopic (exact) mass is 843 g/mol. The molecule has 306 valence electrons. The second kappa shape index (κ2) is 13.2. The topological polar surface area (TPSA) is 74.8 Å². The standard InChI is InChI=1S/C59H33N5O2/c1-3-15-36-31-49-44(29-34(36)13-1)45-30-35-14-2-4-16-37(35)32-50(45)63(49)48-27-28-53-55(43-20-8-12-24-52(43)65-53)56(48)58-60-57(38-25-26-42-41-19-7-11-23-51(41)66-54(42)33-38)61-59(62-58)64-46-21-9-5-17-39(46)40-18-6-10-22-47(40)64/h1-33H. The van der Waals surface area contributed by atoms with E-state index in [2.05, 4.69) is 179 Å². The van der Waals surface area contributed by atoms with Crippen molar-refractivity contribution < 1.29 is 8.83 Å². The van der Waals surface area contributed by atoms with Gasteiger partial charge in [0.25, 0.3) is 0 Å². The molecule has 0 radical (unpaired) electrons. The Labute approximate surface area is 375 Å². The Hall–Kier alpha value is -9.07. The molecule has 0 fully saturated rings. The van der Waals surface area contributed by atoms with Crippen LogP contribution in [0.25, 0.3) is 143 Å². The van der Waals surface area contributed by atoms with Crippen LogP contribution in [-0.2, 0) is 0 Å². The van der Waals surface area contributed by atoms with Crippen LogP contribution >= 0.6 is 0 Å². The summed E-state index contributed by atoms with van der Waals surface area (Å²) in [4.78, 5) is 16.5. The molecule has 0 atom stereocenters. The van der Waals surface area contributed by atoms with Gasteiger partial charge in [0.2, 0.25) is 5.95 Å². The molecular formula is C59H33N5O2. The van der Waals surface area contributed by atoms with E-state index in [9.17, 15) is 0 Å². The van der Waals surface area contributed by atoms with Gasteiger partial charge in [-0.1, -0.05) is 127 Å². The first-order chi connectivity index (χ1) is 32.7. The van der Waals surface area contributed by atoms with Gasteiger partial charge in [0.1, 0.15) is 22.3 Å². The molecule has 66 heavy (non-hydrogen) atoms. The van der Waals surface area contributed by atoms with E-state index in [1.165, 1.54) is 21.5 Å². The van der Waals surface area contributed by atoms with Gasteiger partial charge in [-0.3, -0.25) is 4.57 Å². The maximum atomic E-state index is 6.69. The number of hydrogen-bond acceptors (Lipinski definition) is 5. The third-order valence-electron chi connectivity index (χ3n) is 13.5. The van der Waals surface area contributed by atoms with Crippen LogP contribution in [0, 0.1) is 0 Å². The van der Waals surface area contributed by atoms with Gasteiger partial charge in [-0.2, -0.15) is 9.97 Å². The largest absolute Gasteiger partial charge is 0.456 e. The van der Waals surface area contributed by atoms with Crippen LogP contribution in [-0.4, -0.2) is 24.1 Å². The highest BCUT2D eigenvalue weighted by Crippen LogP contribution is 2.45. The van der Waals surface area contributed by atoms with Crippen molar-refractivity contribution in [1.29, 1.82) is 0 Å². The summed E-state index contributed by atoms with van der Waals surface area (Å²) in [7, 11) is 0. The highest BCUT2D eigenvalue weighted by Gasteiger charge is 2.26. The van der Waals surface area contributed by atoms with Crippen LogP contribution in [0.3, 0.4) is 0 Å². The van der Waals surface area contributed by atoms with Gasteiger partial charge in [0, 0.05) is 48.7 Å². The normalized spacial score (nSPS) is 12.2. The Kier molecular flexibility index (Phi) is 7.10. The third-order valence-corrected chi connectivity index (χ3v) is 13.5. The van der Waals surface area contributed by atoms with E-state index >= 15 is 0 Å². The molecule has 0 aliphatic carbocycles. The average molecular weight is 844 g/mol. The van der Waals surface area contributed by atoms with Crippen molar-refractivity contribution >= 4 is 109 Å². The Morgan fingerprint density at radius 1 is 0.318 bits per heavy atom. The lowest BCUT2D eigenvalue weighted by Crippen LogP contribution is -2.08. The first-order valence-electron chi connectivity index (χ1n) is 22.2. The van der Waals surface area contributed by atoms with Gasteiger partial charge < -0.3 is 13.4 Å². The summed E-state index contributed by atoms with van der Waals surface area (Å²) in [6, 6.07) is 70.4. The molecule has 7 heteroatoms. The molecule has 5 heterocycles. The minimum Gasteiger partial charge on any atom is -0.456 e. The van der Waals surface area contributed by atoms with Crippen LogP contribution in [0.4, 0.5) is 0 Å². The molecule has 0 N–H and O–H groups in total. The van der Waals surface area contributed by atoms with Gasteiger partial charge in [-0.05, 0) is 94.3 Å². The summed E-state index contributed by atoms with van der Waals surface area (Å²) >= 11 is 0. The molecule has 5 aromatic heterocycles. The first-order valence-corrected chi connectivity index (χ1v) is 22.2. The lowest BCUT2D eigenvalue weighted by atomic mass is 10.0. The van der Waals surface area contributed by atoms with Gasteiger partial charge in [-0.15, -0.1) is 0 Å². The quantitative estimate of drug-likeness (QED) is 0.176. The highest BCUT2D eigenvalue weighted by atomic mass is 16.3. The van der Waals surface area contributed by atoms with E-state index in [1.54, 1.807) is 0 Å². The van der Waals surface area contributed by atoms with E-state index in [-0.39, 0.29) is 0 Å². The number of nitrogens with zero attached hydrogens (tertiary/aromatic N) is 5. The fourth-order valence-corrected chi connectivity index (χ4v) is 10.6. The minimum absolute atomic E-state index is 0.507. The number of hydrogen-bond donors (Lipinski definition) is 0. The molecule has 0 spiro atoms. The Bertz CT molecular complexity index is 4400. The predicted molar refractivity (Wildman–Crippen MR) is 269 cm³/mol. The zero-order valence-electron chi connectivity index (χ0n) is 35.1. The van der Waals surface area contributed by atoms with Gasteiger partial charge >= 0.3 is 0 Å². The Balaban J connectivity index is 1.11. The van der Waals surface area contributed by atoms with Gasteiger partial charge in [0.05, 0.1) is 33.3 Å². The summed E-state index contributed by atoms with van der Waals surface area (Å²) in [5.74, 6) is 1.55. The molecule has 15 rings (SSSR count). The summed E-state index contributed by atoms with van der Waals surface area (Å²) in [5.41, 5.74) is 9.89. The van der Waals surface area contributed by atoms with Gasteiger partial charge in [-0.25, -0.2) is 4.98 Å². The number of fused-ring (bicyclic) bond motifs is 14. The zero-order valence-corrected chi connectivity index (χ0v) is 35.1. The number of benzene rings is 10. The van der Waals surface area contributed by atoms with Crippen molar-refractivity contribution in [3.63, 3.8) is 0 Å². The first kappa shape index (κ1) is 35.4. The number of rotatable bonds is 4. The van der Waals surface area contributed by atoms with Crippen molar-refractivity contribution in [2.45, 2.75) is 0 Å². The van der Waals surface area contributed by atoms with Crippen LogP contribution in [0.1, 0.15) is 0 Å². The summed E-state index contributed by atoms with van der Waals surface area (Å²) < 4.78 is 17.7. The summed E-state index contributed by atoms with van der Waals surface area (Å²) in [5, 5.41) is 13.3. The van der Waals surface area contributed by atoms with Crippen LogP contribution in [0.5, 0.6) is 0 Å². The number of aromatic nitrogens is 5. The summed E-state index contributed by atoms with van der Waals surface area (Å²) in [6.07, 6.45) is 0. The average Bonchev–Trinajstić information content (AvgIpc) is 4.12. The maximum Gasteiger partial charge on any atom is 0.238 e. The number of para-hydroxylation sites is 4. The Morgan fingerprint density at radius 2 is 0.833 bits per heavy atom. The van der Waals surface area contributed by atoms with Crippen molar-refractivity contribution in [1.82, 2.24) is 24.1 Å². The van der Waals surface area contributed by atoms with E-state index in [1.807, 2.05) is 30.3 Å². The van der Waals surface area contributed by atoms with E-state index in [4.69, 9.17) is 23.8 Å². The SMILES string of the molecule is c1ccc2cc3c(cc2c1)c1cc2ccccc2cc1n3-c1ccc2oc3ccccc3c2c1-c1nc(-c2ccc3c(c2)oc2ccccc23)nc(-n2c3ccccc3c3ccccc32)n1. The van der Waals surface area contributed by atoms with Crippen molar-refractivity contribution in [2.24, 2.45) is 0 Å². The molecule has 10 aromatic carbocycles. The smallest absolute Gasteiger partial charge is 0.238 e. The predicted octanol–water partition coefficient (Wildman–Crippen LogP) is 15.5. The minimum atomic E-state index is 0.507. The Morgan fingerprint density at radius 3 is 1.50 bits per heavy atom. The molecule has 0 amide bonds. The van der Waals surface area contributed by atoms with E-state index in [0.29, 0.717) is 17.6 Å². The third kappa shape index (κ3) is 4.99. The number of furan rings is 2. The van der Waals surface area contributed by atoms with E-state index in [0.717, 1.165) is 104 Å². The van der Waals surface area contributed by atoms with Gasteiger partial charge in [0.15, 0.2) is 11.6 Å². The van der Waals surface area contributed by atoms with Crippen molar-refractivity contribution in [3.8, 4) is 34.4 Å². The molecule has 0 unspecified atom stereocenters. The molecule has 0 bridgehead atoms. The molecule has 15 aromatic rings. The van der Waals surface area contributed by atoms with Crippen LogP contribution in [0.15, 0.2) is 209 Å². The molecule has 0 aliphatic rings. The molecule has 7 nitrogen and oxygen atoms in total. The molecule has 0 saturated carbocycles. The molecule has 0 saturated heterocycles. The van der Waals surface area contributed by atoms with Crippen LogP contribution in [0.2, 0.25) is 0 Å². The fraction of sp³-hybridized carbons (Fsp3) is 0. The zero-order chi connectivity index (χ0) is 43.0. The maximum absolute atomic E-state index is 6.69. The lowest BCUT2D eigenvalue weighted by Gasteiger charge is -2.16. The second-order valence-corrected chi connectivity index (χ2v) is 17.2. The van der Waals surface area contributed by atoms with Crippen molar-refractivity contribution in [2.75, 3.05) is 0 Å².